The Morgan fingerprint density at radius 3 is 1.13 bits per heavy atom. The Labute approximate surface area is 374 Å². The molecular formula is C54H105NO5. The van der Waals surface area contributed by atoms with Gasteiger partial charge in [0.05, 0.1) is 25.4 Å². The Hall–Kier alpha value is -1.40. The molecule has 0 saturated heterocycles. The van der Waals surface area contributed by atoms with Gasteiger partial charge in [0, 0.05) is 12.8 Å². The first kappa shape index (κ1) is 58.6. The van der Waals surface area contributed by atoms with Crippen molar-refractivity contribution in [1.82, 2.24) is 5.32 Å². The maximum atomic E-state index is 12.4. The average molecular weight is 848 g/mol. The number of esters is 1. The predicted octanol–water partition coefficient (Wildman–Crippen LogP) is 16.1. The number of aliphatic hydroxyl groups excluding tert-OH is 2. The summed E-state index contributed by atoms with van der Waals surface area (Å²) in [5, 5.41) is 22.9. The van der Waals surface area contributed by atoms with Crippen LogP contribution in [0, 0.1) is 0 Å². The number of aliphatic hydroxyl groups is 2. The van der Waals surface area contributed by atoms with Crippen molar-refractivity contribution in [2.24, 2.45) is 0 Å². The third-order valence-corrected chi connectivity index (χ3v) is 12.6. The van der Waals surface area contributed by atoms with Gasteiger partial charge in [0.25, 0.3) is 0 Å². The molecule has 2 unspecified atom stereocenters. The molecule has 0 aliphatic heterocycles. The van der Waals surface area contributed by atoms with E-state index in [1.807, 2.05) is 6.08 Å². The largest absolute Gasteiger partial charge is 0.466 e. The van der Waals surface area contributed by atoms with Crippen LogP contribution < -0.4 is 5.32 Å². The highest BCUT2D eigenvalue weighted by molar-refractivity contribution is 5.76. The summed E-state index contributed by atoms with van der Waals surface area (Å²) >= 11 is 0. The Bertz CT molecular complexity index is 893. The van der Waals surface area contributed by atoms with E-state index >= 15 is 0 Å². The van der Waals surface area contributed by atoms with Gasteiger partial charge in [0.2, 0.25) is 5.91 Å². The fraction of sp³-hybridized carbons (Fsp3) is 0.926. The second-order valence-corrected chi connectivity index (χ2v) is 18.6. The lowest BCUT2D eigenvalue weighted by Crippen LogP contribution is -2.45. The van der Waals surface area contributed by atoms with E-state index in [1.54, 1.807) is 6.08 Å². The topological polar surface area (TPSA) is 95.9 Å². The van der Waals surface area contributed by atoms with E-state index in [1.165, 1.54) is 225 Å². The van der Waals surface area contributed by atoms with E-state index in [0.717, 1.165) is 44.9 Å². The zero-order valence-electron chi connectivity index (χ0n) is 40.5. The van der Waals surface area contributed by atoms with Gasteiger partial charge in [-0.1, -0.05) is 264 Å². The minimum atomic E-state index is -0.847. The molecule has 0 aliphatic carbocycles. The van der Waals surface area contributed by atoms with Gasteiger partial charge < -0.3 is 20.3 Å². The summed E-state index contributed by atoms with van der Waals surface area (Å²) in [6.07, 6.45) is 58.0. The van der Waals surface area contributed by atoms with Crippen LogP contribution >= 0.6 is 0 Å². The van der Waals surface area contributed by atoms with Gasteiger partial charge in [0.1, 0.15) is 0 Å². The Morgan fingerprint density at radius 2 is 0.767 bits per heavy atom. The predicted molar refractivity (Wildman–Crippen MR) is 260 cm³/mol. The van der Waals surface area contributed by atoms with Crippen molar-refractivity contribution in [3.05, 3.63) is 12.2 Å². The maximum Gasteiger partial charge on any atom is 0.305 e. The fourth-order valence-electron chi connectivity index (χ4n) is 8.40. The fourth-order valence-corrected chi connectivity index (χ4v) is 8.40. The molecule has 0 bridgehead atoms. The summed E-state index contributed by atoms with van der Waals surface area (Å²) in [5.41, 5.74) is 0. The zero-order chi connectivity index (χ0) is 43.7. The number of rotatable bonds is 50. The molecule has 0 aliphatic rings. The van der Waals surface area contributed by atoms with E-state index in [2.05, 4.69) is 19.2 Å². The van der Waals surface area contributed by atoms with Crippen LogP contribution in [0.25, 0.3) is 0 Å². The van der Waals surface area contributed by atoms with Crippen LogP contribution in [-0.4, -0.2) is 47.4 Å². The van der Waals surface area contributed by atoms with Gasteiger partial charge in [-0.15, -0.1) is 0 Å². The molecular weight excluding hydrogens is 743 g/mol. The third-order valence-electron chi connectivity index (χ3n) is 12.6. The summed E-state index contributed by atoms with van der Waals surface area (Å²) in [5.74, 6) is -0.0736. The molecule has 6 nitrogen and oxygen atoms in total. The number of hydrogen-bond donors (Lipinski definition) is 3. The van der Waals surface area contributed by atoms with Gasteiger partial charge in [-0.3, -0.25) is 9.59 Å². The van der Waals surface area contributed by atoms with E-state index < -0.39 is 12.1 Å². The van der Waals surface area contributed by atoms with Crippen LogP contribution in [0.1, 0.15) is 296 Å². The Balaban J connectivity index is 3.39. The summed E-state index contributed by atoms with van der Waals surface area (Å²) in [4.78, 5) is 24.4. The maximum absolute atomic E-state index is 12.4. The zero-order valence-corrected chi connectivity index (χ0v) is 40.5. The molecule has 2 atom stereocenters. The first-order valence-corrected chi connectivity index (χ1v) is 27.0. The van der Waals surface area contributed by atoms with Crippen molar-refractivity contribution in [3.8, 4) is 0 Å². The third kappa shape index (κ3) is 46.1. The van der Waals surface area contributed by atoms with Crippen LogP contribution in [0.3, 0.4) is 0 Å². The molecule has 0 heterocycles. The van der Waals surface area contributed by atoms with Crippen molar-refractivity contribution < 1.29 is 24.5 Å². The number of carbonyl (C=O) groups is 2. The highest BCUT2D eigenvalue weighted by Gasteiger charge is 2.18. The van der Waals surface area contributed by atoms with Crippen molar-refractivity contribution in [2.45, 2.75) is 309 Å². The lowest BCUT2D eigenvalue weighted by Gasteiger charge is -2.20. The number of amides is 1. The summed E-state index contributed by atoms with van der Waals surface area (Å²) in [6, 6.07) is -0.631. The normalized spacial score (nSPS) is 12.7. The Morgan fingerprint density at radius 1 is 0.450 bits per heavy atom. The van der Waals surface area contributed by atoms with E-state index in [9.17, 15) is 19.8 Å². The second-order valence-electron chi connectivity index (χ2n) is 18.6. The quantitative estimate of drug-likeness (QED) is 0.0322. The monoisotopic (exact) mass is 848 g/mol. The van der Waals surface area contributed by atoms with Crippen LogP contribution in [0.15, 0.2) is 12.2 Å². The van der Waals surface area contributed by atoms with Gasteiger partial charge in [-0.2, -0.15) is 0 Å². The van der Waals surface area contributed by atoms with Crippen molar-refractivity contribution in [2.75, 3.05) is 13.2 Å². The standard InChI is InChI=1S/C54H105NO5/c1-3-5-7-9-11-13-15-16-17-18-19-22-25-28-32-36-40-44-48-54(59)60-49-45-41-37-33-29-26-23-20-21-24-27-31-35-39-43-47-53(58)55-51(50-56)52(57)46-42-38-34-30-14-12-10-8-6-4-2/h42,46,51-52,56-57H,3-41,43-45,47-50H2,1-2H3,(H,55,58)/b46-42+. The Kier molecular flexibility index (Phi) is 49.1. The number of hydrogen-bond acceptors (Lipinski definition) is 5. The first-order chi connectivity index (χ1) is 29.5. The van der Waals surface area contributed by atoms with E-state index in [-0.39, 0.29) is 18.5 Å². The van der Waals surface area contributed by atoms with E-state index in [0.29, 0.717) is 19.4 Å². The summed E-state index contributed by atoms with van der Waals surface area (Å²) in [7, 11) is 0. The molecule has 6 heteroatoms. The second kappa shape index (κ2) is 50.2. The molecule has 0 radical (unpaired) electrons. The molecule has 0 saturated carbocycles. The van der Waals surface area contributed by atoms with Crippen LogP contribution in [0.2, 0.25) is 0 Å². The molecule has 0 aromatic rings. The van der Waals surface area contributed by atoms with Gasteiger partial charge in [0.15, 0.2) is 0 Å². The number of allylic oxidation sites excluding steroid dienone is 1. The van der Waals surface area contributed by atoms with Crippen molar-refractivity contribution in [1.29, 1.82) is 0 Å². The molecule has 0 aromatic heterocycles. The molecule has 3 N–H and O–H groups in total. The molecule has 0 spiro atoms. The lowest BCUT2D eigenvalue weighted by atomic mass is 10.0. The highest BCUT2D eigenvalue weighted by atomic mass is 16.5. The minimum Gasteiger partial charge on any atom is -0.466 e. The molecule has 0 aromatic carbocycles. The van der Waals surface area contributed by atoms with Crippen LogP contribution in [-0.2, 0) is 14.3 Å². The molecule has 356 valence electrons. The van der Waals surface area contributed by atoms with Crippen LogP contribution in [0.5, 0.6) is 0 Å². The molecule has 60 heavy (non-hydrogen) atoms. The number of carbonyl (C=O) groups excluding carboxylic acids is 2. The van der Waals surface area contributed by atoms with Crippen LogP contribution in [0.4, 0.5) is 0 Å². The first-order valence-electron chi connectivity index (χ1n) is 27.0. The number of ether oxygens (including phenoxy) is 1. The van der Waals surface area contributed by atoms with E-state index in [4.69, 9.17) is 4.74 Å². The SMILES string of the molecule is CCCCCCCCCC/C=C/C(O)C(CO)NC(=O)CCCCCCCCCCCCCCCCCOC(=O)CCCCCCCCCCCCCCCCCCCC. The van der Waals surface area contributed by atoms with Crippen molar-refractivity contribution >= 4 is 11.9 Å². The summed E-state index contributed by atoms with van der Waals surface area (Å²) < 4.78 is 5.48. The lowest BCUT2D eigenvalue weighted by molar-refractivity contribution is -0.143. The molecule has 0 rings (SSSR count). The highest BCUT2D eigenvalue weighted by Crippen LogP contribution is 2.17. The van der Waals surface area contributed by atoms with Gasteiger partial charge >= 0.3 is 5.97 Å². The molecule has 0 fully saturated rings. The van der Waals surface area contributed by atoms with Crippen molar-refractivity contribution in [3.63, 3.8) is 0 Å². The molecule has 1 amide bonds. The van der Waals surface area contributed by atoms with Gasteiger partial charge in [-0.05, 0) is 32.1 Å². The minimum absolute atomic E-state index is 0.00381. The number of unbranched alkanes of at least 4 members (excludes halogenated alkanes) is 39. The average Bonchev–Trinajstić information content (AvgIpc) is 3.25. The van der Waals surface area contributed by atoms with Gasteiger partial charge in [-0.25, -0.2) is 0 Å². The smallest absolute Gasteiger partial charge is 0.305 e. The number of nitrogens with one attached hydrogen (secondary N) is 1. The summed E-state index contributed by atoms with van der Waals surface area (Å²) in [6.45, 7) is 4.88.